The molecule has 0 aliphatic rings. The molecule has 0 saturated heterocycles. The minimum atomic E-state index is 0.356. The van der Waals surface area contributed by atoms with E-state index in [-0.39, 0.29) is 0 Å². The maximum atomic E-state index is 10.8. The van der Waals surface area contributed by atoms with Crippen LogP contribution in [0.3, 0.4) is 0 Å². The third kappa shape index (κ3) is 8.99. The van der Waals surface area contributed by atoms with Crippen molar-refractivity contribution in [3.05, 3.63) is 296 Å². The number of benzene rings is 12. The van der Waals surface area contributed by atoms with E-state index in [4.69, 9.17) is 15.0 Å². The SMILES string of the molecule is N#Cc1cc(C#N)cc(-c2ccc(-n3c4ccc(-c5ccccc5)cc4c4cc(-c5ccccc5)ccc43)c(-c3nc(-c4ccccc4)nc(-c4cc(C#N)ccc4-n4c5ccc(-c6ccccc6)cc5c5cc(-c6ccccc6)ccc54)n3)c2)c1. The maximum absolute atomic E-state index is 10.8. The van der Waals surface area contributed by atoms with Gasteiger partial charge in [0.25, 0.3) is 0 Å². The highest BCUT2D eigenvalue weighted by molar-refractivity contribution is 6.13. The fourth-order valence-corrected chi connectivity index (χ4v) is 12.1. The third-order valence-electron chi connectivity index (χ3n) is 16.2. The van der Waals surface area contributed by atoms with Crippen LogP contribution in [0.5, 0.6) is 0 Å². The number of hydrogen-bond acceptors (Lipinski definition) is 6. The molecule has 0 atom stereocenters. The Labute approximate surface area is 495 Å². The molecular weight excluding hydrogens is 1050 g/mol. The van der Waals surface area contributed by atoms with Crippen LogP contribution in [-0.2, 0) is 0 Å². The minimum absolute atomic E-state index is 0.356. The monoisotopic (exact) mass is 1090 g/mol. The van der Waals surface area contributed by atoms with E-state index in [2.05, 4.69) is 209 Å². The van der Waals surface area contributed by atoms with Crippen LogP contribution in [-0.4, -0.2) is 24.1 Å². The molecule has 0 spiro atoms. The quantitative estimate of drug-likeness (QED) is 0.135. The van der Waals surface area contributed by atoms with Crippen molar-refractivity contribution in [3.63, 3.8) is 0 Å². The summed E-state index contributed by atoms with van der Waals surface area (Å²) in [5.74, 6) is 1.16. The van der Waals surface area contributed by atoms with Gasteiger partial charge in [0, 0.05) is 38.2 Å². The zero-order valence-corrected chi connectivity index (χ0v) is 46.1. The number of nitriles is 3. The van der Waals surface area contributed by atoms with Crippen molar-refractivity contribution in [1.82, 2.24) is 24.1 Å². The van der Waals surface area contributed by atoms with Crippen molar-refractivity contribution in [2.45, 2.75) is 0 Å². The minimum Gasteiger partial charge on any atom is -0.308 e. The molecule has 0 amide bonds. The number of hydrogen-bond donors (Lipinski definition) is 0. The van der Waals surface area contributed by atoms with Crippen molar-refractivity contribution in [1.29, 1.82) is 15.8 Å². The summed E-state index contributed by atoms with van der Waals surface area (Å²) >= 11 is 0. The van der Waals surface area contributed by atoms with Crippen LogP contribution in [0, 0.1) is 34.0 Å². The first kappa shape index (κ1) is 50.7. The second-order valence-electron chi connectivity index (χ2n) is 21.3. The number of aromatic nitrogens is 5. The summed E-state index contributed by atoms with van der Waals surface area (Å²) in [6, 6.07) is 102. The molecule has 0 aliphatic carbocycles. The van der Waals surface area contributed by atoms with E-state index in [1.807, 2.05) is 91.0 Å². The lowest BCUT2D eigenvalue weighted by molar-refractivity contribution is 1.06. The van der Waals surface area contributed by atoms with Crippen LogP contribution < -0.4 is 0 Å². The molecule has 15 aromatic rings. The molecule has 15 rings (SSSR count). The van der Waals surface area contributed by atoms with Gasteiger partial charge in [-0.25, -0.2) is 15.0 Å². The van der Waals surface area contributed by atoms with Crippen LogP contribution >= 0.6 is 0 Å². The van der Waals surface area contributed by atoms with Gasteiger partial charge in [-0.15, -0.1) is 0 Å². The van der Waals surface area contributed by atoms with E-state index in [1.165, 1.54) is 0 Å². The number of fused-ring (bicyclic) bond motifs is 6. The molecule has 0 unspecified atom stereocenters. The summed E-state index contributed by atoms with van der Waals surface area (Å²) in [4.78, 5) is 16.4. The Morgan fingerprint density at radius 1 is 0.233 bits per heavy atom. The molecule has 86 heavy (non-hydrogen) atoms. The predicted molar refractivity (Wildman–Crippen MR) is 346 cm³/mol. The standard InChI is InChI=1S/C78H46N8/c79-47-50-26-32-74(85-70-33-27-58(53-16-6-1-7-17-53)42-64(70)65-43-59(28-34-71(65)85)54-18-8-2-9-19-54)68(41-50)77-82-76(57-24-14-5-15-25-57)83-78(84-77)69-46-62(63-39-51(48-80)38-52(40-63)49-81)31-37-75(69)86-72-35-29-60(55-20-10-3-11-21-55)44-66(72)67-45-61(30-36-73(67)86)56-22-12-4-13-23-56/h1-46H. The number of nitrogens with zero attached hydrogens (tertiary/aromatic N) is 8. The average Bonchev–Trinajstić information content (AvgIpc) is 1.91. The molecule has 0 radical (unpaired) electrons. The smallest absolute Gasteiger partial charge is 0.166 e. The van der Waals surface area contributed by atoms with Gasteiger partial charge in [-0.1, -0.05) is 182 Å². The average molecular weight is 1100 g/mol. The van der Waals surface area contributed by atoms with Crippen molar-refractivity contribution < 1.29 is 0 Å². The molecular formula is C78H46N8. The van der Waals surface area contributed by atoms with Gasteiger partial charge in [-0.05, 0) is 153 Å². The first-order valence-electron chi connectivity index (χ1n) is 28.3. The Bertz CT molecular complexity index is 5070. The molecule has 0 fully saturated rings. The van der Waals surface area contributed by atoms with E-state index in [9.17, 15) is 15.8 Å². The molecule has 0 saturated carbocycles. The highest BCUT2D eigenvalue weighted by Crippen LogP contribution is 2.44. The molecule has 0 aliphatic heterocycles. The van der Waals surface area contributed by atoms with Gasteiger partial charge in [0.05, 0.1) is 68.3 Å². The molecule has 3 aromatic heterocycles. The van der Waals surface area contributed by atoms with E-state index in [1.54, 1.807) is 6.07 Å². The van der Waals surface area contributed by atoms with Crippen LogP contribution in [0.2, 0.25) is 0 Å². The van der Waals surface area contributed by atoms with E-state index in [0.717, 1.165) is 111 Å². The topological polar surface area (TPSA) is 120 Å². The first-order valence-corrected chi connectivity index (χ1v) is 28.3. The van der Waals surface area contributed by atoms with E-state index >= 15 is 0 Å². The van der Waals surface area contributed by atoms with Crippen molar-refractivity contribution in [2.75, 3.05) is 0 Å². The number of rotatable bonds is 10. The molecule has 3 heterocycles. The molecule has 8 nitrogen and oxygen atoms in total. The Morgan fingerprint density at radius 3 is 0.919 bits per heavy atom. The van der Waals surface area contributed by atoms with Gasteiger partial charge >= 0.3 is 0 Å². The lowest BCUT2D eigenvalue weighted by atomic mass is 9.97. The predicted octanol–water partition coefficient (Wildman–Crippen LogP) is 19.0. The summed E-state index contributed by atoms with van der Waals surface area (Å²) in [6.07, 6.45) is 0. The van der Waals surface area contributed by atoms with Crippen LogP contribution in [0.15, 0.2) is 279 Å². The zero-order valence-electron chi connectivity index (χ0n) is 46.1. The largest absolute Gasteiger partial charge is 0.308 e. The van der Waals surface area contributed by atoms with E-state index < -0.39 is 0 Å². The Morgan fingerprint density at radius 2 is 0.547 bits per heavy atom. The fourth-order valence-electron chi connectivity index (χ4n) is 12.1. The molecule has 12 aromatic carbocycles. The van der Waals surface area contributed by atoms with Crippen LogP contribution in [0.4, 0.5) is 0 Å². The maximum Gasteiger partial charge on any atom is 0.166 e. The summed E-state index contributed by atoms with van der Waals surface area (Å²) in [5.41, 5.74) is 18.9. The van der Waals surface area contributed by atoms with Gasteiger partial charge in [0.2, 0.25) is 0 Å². The highest BCUT2D eigenvalue weighted by atomic mass is 15.1. The fraction of sp³-hybridized carbons (Fsp3) is 0. The Kier molecular flexibility index (Phi) is 12.5. The lowest BCUT2D eigenvalue weighted by Gasteiger charge is -2.18. The lowest BCUT2D eigenvalue weighted by Crippen LogP contribution is -2.06. The summed E-state index contributed by atoms with van der Waals surface area (Å²) in [5, 5.41) is 35.5. The summed E-state index contributed by atoms with van der Waals surface area (Å²) in [7, 11) is 0. The normalized spacial score (nSPS) is 11.2. The van der Waals surface area contributed by atoms with Gasteiger partial charge in [0.15, 0.2) is 17.5 Å². The summed E-state index contributed by atoms with van der Waals surface area (Å²) < 4.78 is 4.56. The molecule has 398 valence electrons. The van der Waals surface area contributed by atoms with Gasteiger partial charge < -0.3 is 9.13 Å². The second-order valence-corrected chi connectivity index (χ2v) is 21.3. The van der Waals surface area contributed by atoms with Crippen molar-refractivity contribution in [2.24, 2.45) is 0 Å². The summed E-state index contributed by atoms with van der Waals surface area (Å²) in [6.45, 7) is 0. The van der Waals surface area contributed by atoms with E-state index in [0.29, 0.717) is 50.9 Å². The van der Waals surface area contributed by atoms with Crippen molar-refractivity contribution >= 4 is 43.6 Å². The van der Waals surface area contributed by atoms with Crippen LogP contribution in [0.25, 0.3) is 145 Å². The first-order chi connectivity index (χ1) is 42.5. The van der Waals surface area contributed by atoms with Crippen LogP contribution in [0.1, 0.15) is 16.7 Å². The Balaban J connectivity index is 1.01. The Hall–Kier alpha value is -12.3. The zero-order chi connectivity index (χ0) is 57.7. The molecule has 0 bridgehead atoms. The molecule has 0 N–H and O–H groups in total. The second kappa shape index (κ2) is 21.2. The third-order valence-corrected chi connectivity index (χ3v) is 16.2. The van der Waals surface area contributed by atoms with Gasteiger partial charge in [0.1, 0.15) is 0 Å². The van der Waals surface area contributed by atoms with Gasteiger partial charge in [-0.2, -0.15) is 15.8 Å². The highest BCUT2D eigenvalue weighted by Gasteiger charge is 2.25. The van der Waals surface area contributed by atoms with Gasteiger partial charge in [-0.3, -0.25) is 0 Å². The molecule has 8 heteroatoms. The van der Waals surface area contributed by atoms with Crippen molar-refractivity contribution in [3.8, 4) is 119 Å².